The third kappa shape index (κ3) is 5.81. The van der Waals surface area contributed by atoms with Gasteiger partial charge in [0, 0.05) is 0 Å². The number of alkyl halides is 12. The van der Waals surface area contributed by atoms with Gasteiger partial charge in [0.05, 0.1) is 0 Å². The van der Waals surface area contributed by atoms with Gasteiger partial charge in [0.2, 0.25) is 0 Å². The normalized spacial score (nSPS) is 13.9. The van der Waals surface area contributed by atoms with E-state index in [0.29, 0.717) is 0 Å². The van der Waals surface area contributed by atoms with Crippen molar-refractivity contribution in [2.45, 2.75) is 21.3 Å². The Morgan fingerprint density at radius 3 is 0.741 bits per heavy atom. The number of hydrogen-bond acceptors (Lipinski definition) is 3. The Bertz CT molecular complexity index is 738. The molecule has 0 aliphatic carbocycles. The number of halogens is 12. The molecule has 0 fully saturated rings. The van der Waals surface area contributed by atoms with Crippen LogP contribution in [-0.2, 0) is 10.1 Å². The second-order valence-corrected chi connectivity index (χ2v) is 24.1. The monoisotopic (exact) mass is 1150 g/mol. The second-order valence-electron chi connectivity index (χ2n) is 4.52. The summed E-state index contributed by atoms with van der Waals surface area (Å²) in [5, 5.41) is 0. The van der Waals surface area contributed by atoms with Crippen molar-refractivity contribution >= 4 is 191 Å². The first kappa shape index (κ1) is 29.2. The number of hydrogen-bond donors (Lipinski definition) is 0. The summed E-state index contributed by atoms with van der Waals surface area (Å²) in [7, 11) is 0. The summed E-state index contributed by atoms with van der Waals surface area (Å²) < 4.78 is -3.63. The molecule has 0 aromatic carbocycles. The van der Waals surface area contributed by atoms with E-state index in [1.807, 2.05) is 0 Å². The fourth-order valence-electron chi connectivity index (χ4n) is 1.60. The molecule has 0 saturated carbocycles. The molecule has 0 unspecified atom stereocenters. The van der Waals surface area contributed by atoms with E-state index >= 15 is 0 Å². The first-order chi connectivity index (χ1) is 11.9. The van der Waals surface area contributed by atoms with Crippen molar-refractivity contribution in [1.29, 1.82) is 0 Å². The minimum Gasteiger partial charge on any atom is -0.247 e. The molecule has 18 heteroatoms. The predicted molar refractivity (Wildman–Crippen MR) is 152 cm³/mol. The second kappa shape index (κ2) is 10.6. The third-order valence-electron chi connectivity index (χ3n) is 2.83. The van der Waals surface area contributed by atoms with Crippen LogP contribution in [0.5, 0.6) is 0 Å². The van der Waals surface area contributed by atoms with Crippen molar-refractivity contribution in [3.63, 3.8) is 0 Å². The van der Waals surface area contributed by atoms with Gasteiger partial charge in [-0.05, 0) is 95.6 Å². The van der Waals surface area contributed by atoms with Crippen LogP contribution in [0.3, 0.4) is 0 Å². The summed E-state index contributed by atoms with van der Waals surface area (Å²) in [6, 6.07) is 0. The molecule has 27 heavy (non-hydrogen) atoms. The lowest BCUT2D eigenvalue weighted by Crippen LogP contribution is -2.64. The highest BCUT2D eigenvalue weighted by Gasteiger charge is 2.46. The maximum Gasteiger partial charge on any atom is 0.340 e. The van der Waals surface area contributed by atoms with Crippen molar-refractivity contribution in [2.24, 2.45) is 0 Å². The van der Waals surface area contributed by atoms with Gasteiger partial charge in [-0.15, -0.1) is 0 Å². The van der Waals surface area contributed by atoms with Crippen LogP contribution in [0.2, 0.25) is 0 Å². The molecule has 0 N–H and O–H groups in total. The zero-order chi connectivity index (χ0) is 21.7. The smallest absolute Gasteiger partial charge is 0.247 e. The fraction of sp³-hybridized carbons (Fsp3) is 0.667. The van der Waals surface area contributed by atoms with E-state index in [4.69, 9.17) is 0 Å². The first-order valence-corrected chi connectivity index (χ1v) is 16.2. The topological polar surface area (TPSA) is 66.0 Å². The molecule has 156 valence electrons. The summed E-state index contributed by atoms with van der Waals surface area (Å²) in [5.41, 5.74) is -2.73. The largest absolute Gasteiger partial charge is 0.340 e. The Kier molecular flexibility index (Phi) is 11.5. The van der Waals surface area contributed by atoms with Gasteiger partial charge < -0.3 is 0 Å². The molecule has 0 amide bonds. The van der Waals surface area contributed by atoms with Gasteiger partial charge in [-0.25, -0.2) is 28.1 Å². The van der Waals surface area contributed by atoms with Gasteiger partial charge >= 0.3 is 17.1 Å². The van der Waals surface area contributed by atoms with Crippen molar-refractivity contribution in [3.05, 3.63) is 31.5 Å². The van der Waals surface area contributed by atoms with Crippen molar-refractivity contribution in [1.82, 2.24) is 13.7 Å². The molecule has 1 heterocycles. The molecular weight excluding hydrogens is 1160 g/mol. The van der Waals surface area contributed by atoms with Crippen LogP contribution in [0.15, 0.2) is 14.4 Å². The lowest BCUT2D eigenvalue weighted by atomic mass is 10.6. The zero-order valence-electron chi connectivity index (χ0n) is 11.8. The highest BCUT2D eigenvalue weighted by molar-refractivity contribution is 9.30. The summed E-state index contributed by atoms with van der Waals surface area (Å²) in [6.45, 7) is 0. The Morgan fingerprint density at radius 1 is 0.481 bits per heavy atom. The van der Waals surface area contributed by atoms with Crippen molar-refractivity contribution in [2.75, 3.05) is 0 Å². The Morgan fingerprint density at radius 2 is 0.630 bits per heavy atom. The number of aromatic nitrogens is 3. The lowest BCUT2D eigenvalue weighted by molar-refractivity contribution is 0.438. The molecule has 0 aliphatic heterocycles. The van der Waals surface area contributed by atoms with Gasteiger partial charge in [0.15, 0.2) is 10.1 Å². The maximum absolute atomic E-state index is 13.2. The Hall–Kier alpha value is 4.17. The molecule has 1 aromatic rings. The van der Waals surface area contributed by atoms with Crippen LogP contribution in [0.4, 0.5) is 0 Å². The van der Waals surface area contributed by atoms with Crippen LogP contribution in [0.1, 0.15) is 0 Å². The van der Waals surface area contributed by atoms with Gasteiger partial charge in [0.1, 0.15) is 11.2 Å². The molecule has 0 atom stereocenters. The van der Waals surface area contributed by atoms with E-state index in [1.165, 1.54) is 0 Å². The molecule has 6 nitrogen and oxygen atoms in total. The fourth-order valence-corrected chi connectivity index (χ4v) is 4.65. The molecule has 0 aliphatic rings. The summed E-state index contributed by atoms with van der Waals surface area (Å²) in [6.07, 6.45) is 0. The van der Waals surface area contributed by atoms with Gasteiger partial charge in [-0.1, -0.05) is 95.6 Å². The molecule has 1 rings (SSSR count). The Balaban J connectivity index is 4.33. The minimum absolute atomic E-state index is 0.616. The Labute approximate surface area is 253 Å². The van der Waals surface area contributed by atoms with Crippen LogP contribution in [0, 0.1) is 0 Å². The molecule has 0 saturated heterocycles. The summed E-state index contributed by atoms with van der Waals surface area (Å²) >= 11 is 39.5. The standard InChI is InChI=1S/C9H3Br12N3O3/c10-1(11)7(16,17)22-4(25)23(8(18,19)2(12)13)6(27)24(5(22)26)9(20,21)3(14)15/h1-3H. The molecule has 0 spiro atoms. The minimum atomic E-state index is -1.42. The average Bonchev–Trinajstić information content (AvgIpc) is 2.45. The van der Waals surface area contributed by atoms with Crippen molar-refractivity contribution < 1.29 is 0 Å². The first-order valence-electron chi connectivity index (χ1n) is 5.93. The van der Waals surface area contributed by atoms with Crippen LogP contribution < -0.4 is 17.1 Å². The summed E-state index contributed by atoms with van der Waals surface area (Å²) in [5.74, 6) is 0. The highest BCUT2D eigenvalue weighted by atomic mass is 79.9. The maximum atomic E-state index is 13.2. The average molecular weight is 1160 g/mol. The molecule has 1 aromatic heterocycles. The highest BCUT2D eigenvalue weighted by Crippen LogP contribution is 2.45. The zero-order valence-corrected chi connectivity index (χ0v) is 30.9. The van der Waals surface area contributed by atoms with E-state index in [2.05, 4.69) is 191 Å². The van der Waals surface area contributed by atoms with Gasteiger partial charge in [-0.2, -0.15) is 0 Å². The predicted octanol–water partition coefficient (Wildman–Crippen LogP) is 6.72. The van der Waals surface area contributed by atoms with Crippen LogP contribution >= 0.6 is 191 Å². The SMILES string of the molecule is O=c1n(C(Br)(Br)C(Br)Br)c(=O)n(C(Br)(Br)C(Br)Br)c(=O)n1C(Br)(Br)C(Br)Br. The van der Waals surface area contributed by atoms with E-state index in [1.54, 1.807) is 0 Å². The van der Waals surface area contributed by atoms with E-state index in [-0.39, 0.29) is 0 Å². The van der Waals surface area contributed by atoms with E-state index in [0.717, 1.165) is 13.7 Å². The van der Waals surface area contributed by atoms with Crippen LogP contribution in [-0.4, -0.2) is 24.9 Å². The van der Waals surface area contributed by atoms with E-state index in [9.17, 15) is 14.4 Å². The van der Waals surface area contributed by atoms with E-state index < -0.39 is 38.4 Å². The van der Waals surface area contributed by atoms with Gasteiger partial charge in [-0.3, -0.25) is 0 Å². The lowest BCUT2D eigenvalue weighted by Gasteiger charge is -2.32. The quantitative estimate of drug-likeness (QED) is 0.298. The van der Waals surface area contributed by atoms with Crippen molar-refractivity contribution in [3.8, 4) is 0 Å². The molecule has 0 radical (unpaired) electrons. The van der Waals surface area contributed by atoms with Gasteiger partial charge in [0.25, 0.3) is 0 Å². The molecular formula is C9H3Br12N3O3. The third-order valence-corrected chi connectivity index (χ3v) is 19.1. The number of rotatable bonds is 6. The summed E-state index contributed by atoms with van der Waals surface area (Å²) in [4.78, 5) is 39.7. The molecule has 0 bridgehead atoms. The number of nitrogens with zero attached hydrogens (tertiary/aromatic N) is 3. The van der Waals surface area contributed by atoms with Crippen LogP contribution in [0.25, 0.3) is 0 Å².